The Morgan fingerprint density at radius 2 is 1.38 bits per heavy atom. The summed E-state index contributed by atoms with van der Waals surface area (Å²) in [7, 11) is 0. The Hall–Kier alpha value is -3.34. The van der Waals surface area contributed by atoms with Crippen molar-refractivity contribution in [1.82, 2.24) is 15.0 Å². The van der Waals surface area contributed by atoms with Gasteiger partial charge in [-0.25, -0.2) is 4.98 Å². The Kier molecular flexibility index (Phi) is 5.49. The van der Waals surface area contributed by atoms with E-state index in [2.05, 4.69) is 15.0 Å². The Morgan fingerprint density at radius 1 is 0.885 bits per heavy atom. The van der Waals surface area contributed by atoms with Crippen molar-refractivity contribution in [3.05, 3.63) is 72.8 Å². The number of hydrogen-bond donors (Lipinski definition) is 0. The van der Waals surface area contributed by atoms with Crippen LogP contribution >= 0.6 is 0 Å². The topological polar surface area (TPSA) is 59.0 Å². The van der Waals surface area contributed by atoms with Crippen molar-refractivity contribution in [3.63, 3.8) is 0 Å². The lowest BCUT2D eigenvalue weighted by Gasteiger charge is -2.18. The minimum atomic E-state index is -0.153. The molecule has 0 bridgehead atoms. The summed E-state index contributed by atoms with van der Waals surface area (Å²) in [6, 6.07) is 19.4. The van der Waals surface area contributed by atoms with E-state index >= 15 is 0 Å². The fraction of sp³-hybridized carbons (Fsp3) is 0.143. The molecule has 0 fully saturated rings. The molecule has 1 aromatic heterocycles. The molecule has 130 valence electrons. The molecule has 1 heterocycles. The van der Waals surface area contributed by atoms with E-state index in [1.54, 1.807) is 11.0 Å². The van der Waals surface area contributed by atoms with Gasteiger partial charge in [-0.2, -0.15) is 9.97 Å². The van der Waals surface area contributed by atoms with E-state index in [4.69, 9.17) is 0 Å². The zero-order valence-corrected chi connectivity index (χ0v) is 14.8. The number of hydrogen-bond acceptors (Lipinski definition) is 4. The van der Waals surface area contributed by atoms with Gasteiger partial charge in [0.05, 0.1) is 0 Å². The number of aromatic nitrogens is 3. The minimum Gasteiger partial charge on any atom is -0.277 e. The molecule has 0 saturated carbocycles. The van der Waals surface area contributed by atoms with Crippen LogP contribution in [0.25, 0.3) is 22.8 Å². The van der Waals surface area contributed by atoms with Crippen LogP contribution in [0.1, 0.15) is 13.8 Å². The third-order valence-corrected chi connectivity index (χ3v) is 3.82. The van der Waals surface area contributed by atoms with Crippen LogP contribution < -0.4 is 4.90 Å². The van der Waals surface area contributed by atoms with E-state index in [9.17, 15) is 4.79 Å². The van der Waals surface area contributed by atoms with Crippen LogP contribution in [0.3, 0.4) is 0 Å². The second kappa shape index (κ2) is 8.16. The SMILES string of the molecule is C/C=C/C(=O)N(CC)c1nc(-c2ccccc2)nc(-c2ccccc2)n1. The summed E-state index contributed by atoms with van der Waals surface area (Å²) in [4.78, 5) is 27.7. The van der Waals surface area contributed by atoms with Crippen LogP contribution in [0, 0.1) is 0 Å². The number of carbonyl (C=O) groups excluding carboxylic acids is 1. The molecule has 0 spiro atoms. The maximum absolute atomic E-state index is 12.4. The maximum Gasteiger partial charge on any atom is 0.252 e. The van der Waals surface area contributed by atoms with E-state index in [1.807, 2.05) is 74.5 Å². The average molecular weight is 344 g/mol. The fourth-order valence-corrected chi connectivity index (χ4v) is 2.55. The molecule has 0 aliphatic rings. The van der Waals surface area contributed by atoms with E-state index in [0.717, 1.165) is 11.1 Å². The number of anilines is 1. The zero-order valence-electron chi connectivity index (χ0n) is 14.8. The maximum atomic E-state index is 12.4. The van der Waals surface area contributed by atoms with Crippen LogP contribution in [0.15, 0.2) is 72.8 Å². The predicted octanol–water partition coefficient (Wildman–Crippen LogP) is 4.13. The third kappa shape index (κ3) is 3.83. The number of carbonyl (C=O) groups is 1. The molecule has 0 saturated heterocycles. The predicted molar refractivity (Wildman–Crippen MR) is 104 cm³/mol. The van der Waals surface area contributed by atoms with Gasteiger partial charge in [0.15, 0.2) is 11.6 Å². The van der Waals surface area contributed by atoms with Crippen molar-refractivity contribution in [3.8, 4) is 22.8 Å². The molecule has 3 rings (SSSR count). The molecule has 0 aliphatic carbocycles. The van der Waals surface area contributed by atoms with Crippen molar-refractivity contribution in [2.75, 3.05) is 11.4 Å². The Labute approximate surface area is 153 Å². The summed E-state index contributed by atoms with van der Waals surface area (Å²) in [5.74, 6) is 1.28. The average Bonchev–Trinajstić information content (AvgIpc) is 2.70. The van der Waals surface area contributed by atoms with E-state index < -0.39 is 0 Å². The first-order chi connectivity index (χ1) is 12.7. The second-order valence-electron chi connectivity index (χ2n) is 5.60. The van der Waals surface area contributed by atoms with Crippen molar-refractivity contribution >= 4 is 11.9 Å². The molecule has 1 amide bonds. The van der Waals surface area contributed by atoms with Crippen molar-refractivity contribution in [2.24, 2.45) is 0 Å². The molecule has 26 heavy (non-hydrogen) atoms. The highest BCUT2D eigenvalue weighted by Crippen LogP contribution is 2.23. The lowest BCUT2D eigenvalue weighted by Crippen LogP contribution is -2.31. The largest absolute Gasteiger partial charge is 0.277 e. The van der Waals surface area contributed by atoms with Crippen molar-refractivity contribution in [1.29, 1.82) is 0 Å². The number of rotatable bonds is 5. The third-order valence-electron chi connectivity index (χ3n) is 3.82. The monoisotopic (exact) mass is 344 g/mol. The van der Waals surface area contributed by atoms with Gasteiger partial charge in [-0.3, -0.25) is 9.69 Å². The Balaban J connectivity index is 2.16. The summed E-state index contributed by atoms with van der Waals surface area (Å²) >= 11 is 0. The van der Waals surface area contributed by atoms with Crippen LogP contribution in [0.5, 0.6) is 0 Å². The first kappa shape index (κ1) is 17.5. The standard InChI is InChI=1S/C21H20N4O/c1-3-11-18(26)25(4-2)21-23-19(16-12-7-5-8-13-16)22-20(24-21)17-14-9-6-10-15-17/h3,5-15H,4H2,1-2H3/b11-3+. The molecule has 0 atom stereocenters. The van der Waals surface area contributed by atoms with Gasteiger partial charge in [-0.05, 0) is 19.9 Å². The summed E-state index contributed by atoms with van der Waals surface area (Å²) in [6.07, 6.45) is 3.22. The highest BCUT2D eigenvalue weighted by atomic mass is 16.2. The number of allylic oxidation sites excluding steroid dienone is 1. The fourth-order valence-electron chi connectivity index (χ4n) is 2.55. The summed E-state index contributed by atoms with van der Waals surface area (Å²) in [5.41, 5.74) is 1.76. The molecule has 5 heteroatoms. The van der Waals surface area contributed by atoms with E-state index in [1.165, 1.54) is 6.08 Å². The number of amides is 1. The zero-order chi connectivity index (χ0) is 18.4. The Bertz CT molecular complexity index is 850. The highest BCUT2D eigenvalue weighted by molar-refractivity contribution is 6.00. The molecule has 5 nitrogen and oxygen atoms in total. The minimum absolute atomic E-state index is 0.153. The van der Waals surface area contributed by atoms with Crippen LogP contribution in [-0.2, 0) is 4.79 Å². The van der Waals surface area contributed by atoms with Crippen LogP contribution in [0.2, 0.25) is 0 Å². The summed E-state index contributed by atoms with van der Waals surface area (Å²) < 4.78 is 0. The lowest BCUT2D eigenvalue weighted by atomic mass is 10.2. The van der Waals surface area contributed by atoms with Gasteiger partial charge in [0.2, 0.25) is 5.95 Å². The van der Waals surface area contributed by atoms with Gasteiger partial charge in [0.25, 0.3) is 5.91 Å². The van der Waals surface area contributed by atoms with Gasteiger partial charge < -0.3 is 0 Å². The molecule has 3 aromatic rings. The summed E-state index contributed by atoms with van der Waals surface area (Å²) in [5, 5.41) is 0. The molecular formula is C21H20N4O. The first-order valence-corrected chi connectivity index (χ1v) is 8.54. The number of benzene rings is 2. The Morgan fingerprint density at radius 3 is 1.81 bits per heavy atom. The van der Waals surface area contributed by atoms with Gasteiger partial charge in [0, 0.05) is 17.7 Å². The van der Waals surface area contributed by atoms with E-state index in [0.29, 0.717) is 24.1 Å². The molecular weight excluding hydrogens is 324 g/mol. The smallest absolute Gasteiger partial charge is 0.252 e. The number of likely N-dealkylation sites (N-methyl/N-ethyl adjacent to an activating group) is 1. The number of nitrogens with zero attached hydrogens (tertiary/aromatic N) is 4. The lowest BCUT2D eigenvalue weighted by molar-refractivity contribution is -0.114. The molecule has 0 aliphatic heterocycles. The quantitative estimate of drug-likeness (QED) is 0.653. The molecule has 0 N–H and O–H groups in total. The van der Waals surface area contributed by atoms with Gasteiger partial charge >= 0.3 is 0 Å². The van der Waals surface area contributed by atoms with Gasteiger partial charge in [-0.15, -0.1) is 0 Å². The molecule has 0 unspecified atom stereocenters. The summed E-state index contributed by atoms with van der Waals surface area (Å²) in [6.45, 7) is 4.18. The second-order valence-corrected chi connectivity index (χ2v) is 5.60. The van der Waals surface area contributed by atoms with E-state index in [-0.39, 0.29) is 5.91 Å². The van der Waals surface area contributed by atoms with Crippen LogP contribution in [0.4, 0.5) is 5.95 Å². The van der Waals surface area contributed by atoms with Crippen LogP contribution in [-0.4, -0.2) is 27.4 Å². The highest BCUT2D eigenvalue weighted by Gasteiger charge is 2.18. The van der Waals surface area contributed by atoms with Gasteiger partial charge in [0.1, 0.15) is 0 Å². The van der Waals surface area contributed by atoms with Gasteiger partial charge in [-0.1, -0.05) is 66.7 Å². The normalized spacial score (nSPS) is 10.8. The molecule has 2 aromatic carbocycles. The van der Waals surface area contributed by atoms with Crippen molar-refractivity contribution in [2.45, 2.75) is 13.8 Å². The van der Waals surface area contributed by atoms with Crippen molar-refractivity contribution < 1.29 is 4.79 Å². The molecule has 0 radical (unpaired) electrons. The first-order valence-electron chi connectivity index (χ1n) is 8.54.